The fourth-order valence-electron chi connectivity index (χ4n) is 4.60. The topological polar surface area (TPSA) is 61.6 Å². The first kappa shape index (κ1) is 15.1. The largest absolute Gasteiger partial charge is 0.348 e. The molecular weight excluding hydrogens is 316 g/mol. The summed E-state index contributed by atoms with van der Waals surface area (Å²) in [6.45, 7) is 2.92. The summed E-state index contributed by atoms with van der Waals surface area (Å²) in [5.74, 6) is -0.640. The van der Waals surface area contributed by atoms with Gasteiger partial charge in [0.25, 0.3) is 0 Å². The van der Waals surface area contributed by atoms with Crippen LogP contribution < -0.4 is 0 Å². The summed E-state index contributed by atoms with van der Waals surface area (Å²) in [5.41, 5.74) is 0. The van der Waals surface area contributed by atoms with Crippen molar-refractivity contribution in [2.24, 2.45) is 10.2 Å². The van der Waals surface area contributed by atoms with Crippen molar-refractivity contribution < 1.29 is 18.9 Å². The molecule has 7 heteroatoms. The molecule has 0 aromatic heterocycles. The molecule has 2 saturated carbocycles. The van der Waals surface area contributed by atoms with E-state index in [-0.39, 0.29) is 21.3 Å². The van der Waals surface area contributed by atoms with E-state index in [1.165, 1.54) is 0 Å². The van der Waals surface area contributed by atoms with Crippen LogP contribution in [0.3, 0.4) is 0 Å². The molecule has 0 N–H and O–H groups in total. The Labute approximate surface area is 140 Å². The van der Waals surface area contributed by atoms with Crippen molar-refractivity contribution in [1.82, 2.24) is 0 Å². The average Bonchev–Trinajstić information content (AvgIpc) is 3.29. The van der Waals surface area contributed by atoms with Gasteiger partial charge in [-0.05, 0) is 25.7 Å². The number of hydrogen-bond acceptors (Lipinski definition) is 7. The van der Waals surface area contributed by atoms with Crippen molar-refractivity contribution in [3.63, 3.8) is 0 Å². The molecule has 2 saturated heterocycles. The van der Waals surface area contributed by atoms with Gasteiger partial charge in [0.15, 0.2) is 11.6 Å². The van der Waals surface area contributed by atoms with Crippen molar-refractivity contribution in [2.75, 3.05) is 26.4 Å². The lowest BCUT2D eigenvalue weighted by atomic mass is 9.90. The first-order valence-corrected chi connectivity index (χ1v) is 9.67. The lowest BCUT2D eigenvalue weighted by Crippen LogP contribution is -2.43. The molecular formula is C16H24N2O4S. The summed E-state index contributed by atoms with van der Waals surface area (Å²) >= 11 is 1.99. The summed E-state index contributed by atoms with van der Waals surface area (Å²) in [6, 6.07) is 0. The van der Waals surface area contributed by atoms with Crippen molar-refractivity contribution in [1.29, 1.82) is 0 Å². The molecule has 4 fully saturated rings. The molecule has 0 radical (unpaired) electrons. The third-order valence-corrected chi connectivity index (χ3v) is 7.75. The standard InChI is InChI=1S/C16H24N2O4S/c1-5-15(19-9-10-20-15)6-2-13(1)17-18-14(23-13)3-7-16(8-4-14)21-11-12-22-16/h1-12H2. The zero-order chi connectivity index (χ0) is 15.4. The summed E-state index contributed by atoms with van der Waals surface area (Å²) in [7, 11) is 0. The van der Waals surface area contributed by atoms with Crippen LogP contribution in [0.4, 0.5) is 0 Å². The van der Waals surface area contributed by atoms with Gasteiger partial charge >= 0.3 is 0 Å². The number of thioether (sulfide) groups is 1. The second kappa shape index (κ2) is 5.14. The van der Waals surface area contributed by atoms with E-state index in [1.807, 2.05) is 11.8 Å². The molecule has 0 aromatic carbocycles. The van der Waals surface area contributed by atoms with Gasteiger partial charge in [-0.2, -0.15) is 10.2 Å². The van der Waals surface area contributed by atoms with E-state index in [2.05, 4.69) is 0 Å². The van der Waals surface area contributed by atoms with Gasteiger partial charge in [0.2, 0.25) is 0 Å². The van der Waals surface area contributed by atoms with Crippen LogP contribution in [-0.2, 0) is 18.9 Å². The van der Waals surface area contributed by atoms with Crippen LogP contribution in [0.5, 0.6) is 0 Å². The van der Waals surface area contributed by atoms with Crippen LogP contribution >= 0.6 is 11.8 Å². The molecule has 3 heterocycles. The number of azo groups is 1. The Morgan fingerprint density at radius 3 is 1.22 bits per heavy atom. The molecule has 0 atom stereocenters. The molecule has 6 nitrogen and oxygen atoms in total. The summed E-state index contributed by atoms with van der Waals surface area (Å²) in [5, 5.41) is 9.54. The Kier molecular flexibility index (Phi) is 3.37. The van der Waals surface area contributed by atoms with Gasteiger partial charge in [-0.1, -0.05) is 11.8 Å². The molecule has 4 spiro atoms. The van der Waals surface area contributed by atoms with Crippen LogP contribution in [0.15, 0.2) is 10.2 Å². The minimum atomic E-state index is -0.320. The highest BCUT2D eigenvalue weighted by Crippen LogP contribution is 2.60. The van der Waals surface area contributed by atoms with Gasteiger partial charge in [0.05, 0.1) is 26.4 Å². The molecule has 128 valence electrons. The monoisotopic (exact) mass is 340 g/mol. The predicted molar refractivity (Wildman–Crippen MR) is 84.1 cm³/mol. The first-order valence-electron chi connectivity index (χ1n) is 8.86. The van der Waals surface area contributed by atoms with Crippen LogP contribution in [0.1, 0.15) is 51.4 Å². The average molecular weight is 340 g/mol. The third kappa shape index (κ3) is 2.47. The van der Waals surface area contributed by atoms with E-state index in [9.17, 15) is 0 Å². The minimum absolute atomic E-state index is 0.0531. The number of rotatable bonds is 0. The van der Waals surface area contributed by atoms with E-state index in [1.54, 1.807) is 0 Å². The molecule has 0 aromatic rings. The van der Waals surface area contributed by atoms with Crippen LogP contribution in [0, 0.1) is 0 Å². The lowest BCUT2D eigenvalue weighted by molar-refractivity contribution is -0.180. The van der Waals surface area contributed by atoms with E-state index in [0.717, 1.165) is 77.8 Å². The molecule has 2 aliphatic carbocycles. The highest BCUT2D eigenvalue weighted by Gasteiger charge is 2.56. The summed E-state index contributed by atoms with van der Waals surface area (Å²) in [6.07, 6.45) is 7.75. The maximum absolute atomic E-state index is 5.85. The molecule has 0 unspecified atom stereocenters. The van der Waals surface area contributed by atoms with Crippen molar-refractivity contribution in [3.05, 3.63) is 0 Å². The SMILES string of the molecule is C1COC2(CCC3(CC2)N=NC2(CCC4(CC2)OCCO4)S3)O1. The summed E-state index contributed by atoms with van der Waals surface area (Å²) in [4.78, 5) is -0.106. The van der Waals surface area contributed by atoms with E-state index in [0.29, 0.717) is 0 Å². The third-order valence-electron chi connectivity index (χ3n) is 6.01. The Balaban J connectivity index is 1.24. The van der Waals surface area contributed by atoms with Crippen LogP contribution in [0.2, 0.25) is 0 Å². The second-order valence-electron chi connectivity index (χ2n) is 7.41. The van der Waals surface area contributed by atoms with E-state index >= 15 is 0 Å². The van der Waals surface area contributed by atoms with Crippen LogP contribution in [-0.4, -0.2) is 47.7 Å². The maximum Gasteiger partial charge on any atom is 0.168 e. The number of hydrogen-bond donors (Lipinski definition) is 0. The second-order valence-corrected chi connectivity index (χ2v) is 9.13. The Morgan fingerprint density at radius 2 is 0.870 bits per heavy atom. The zero-order valence-electron chi connectivity index (χ0n) is 13.4. The predicted octanol–water partition coefficient (Wildman–Crippen LogP) is 3.21. The van der Waals surface area contributed by atoms with Crippen molar-refractivity contribution >= 4 is 11.8 Å². The van der Waals surface area contributed by atoms with Gasteiger partial charge in [-0.3, -0.25) is 0 Å². The highest BCUT2D eigenvalue weighted by atomic mass is 32.2. The Bertz CT molecular complexity index is 450. The van der Waals surface area contributed by atoms with E-state index in [4.69, 9.17) is 29.2 Å². The zero-order valence-corrected chi connectivity index (χ0v) is 14.2. The van der Waals surface area contributed by atoms with Gasteiger partial charge in [-0.15, -0.1) is 0 Å². The van der Waals surface area contributed by atoms with Crippen LogP contribution in [0.25, 0.3) is 0 Å². The van der Waals surface area contributed by atoms with E-state index < -0.39 is 0 Å². The molecule has 0 bridgehead atoms. The first-order chi connectivity index (χ1) is 11.2. The molecule has 5 rings (SSSR count). The Morgan fingerprint density at radius 1 is 0.522 bits per heavy atom. The maximum atomic E-state index is 5.85. The Hall–Kier alpha value is -0.210. The molecule has 0 amide bonds. The van der Waals surface area contributed by atoms with Gasteiger partial charge in [-0.25, -0.2) is 0 Å². The fourth-order valence-corrected chi connectivity index (χ4v) is 6.28. The van der Waals surface area contributed by atoms with Gasteiger partial charge in [0.1, 0.15) is 9.74 Å². The van der Waals surface area contributed by atoms with Crippen molar-refractivity contribution in [2.45, 2.75) is 72.7 Å². The highest BCUT2D eigenvalue weighted by molar-refractivity contribution is 8.02. The lowest BCUT2D eigenvalue weighted by Gasteiger charge is -2.42. The molecule has 3 aliphatic heterocycles. The number of ether oxygens (including phenoxy) is 4. The normalized spacial score (nSPS) is 35.8. The van der Waals surface area contributed by atoms with Gasteiger partial charge < -0.3 is 18.9 Å². The summed E-state index contributed by atoms with van der Waals surface area (Å²) < 4.78 is 23.4. The minimum Gasteiger partial charge on any atom is -0.348 e. The molecule has 5 aliphatic rings. The number of nitrogens with zero attached hydrogens (tertiary/aromatic N) is 2. The molecule has 23 heavy (non-hydrogen) atoms. The van der Waals surface area contributed by atoms with Crippen molar-refractivity contribution in [3.8, 4) is 0 Å². The fraction of sp³-hybridized carbons (Fsp3) is 1.00. The smallest absolute Gasteiger partial charge is 0.168 e. The van der Waals surface area contributed by atoms with Gasteiger partial charge in [0, 0.05) is 25.7 Å². The quantitative estimate of drug-likeness (QED) is 0.677.